The van der Waals surface area contributed by atoms with Gasteiger partial charge in [-0.3, -0.25) is 15.0 Å². The van der Waals surface area contributed by atoms with E-state index in [1.807, 2.05) is 31.2 Å². The van der Waals surface area contributed by atoms with Crippen LogP contribution in [-0.2, 0) is 10.1 Å². The summed E-state index contributed by atoms with van der Waals surface area (Å²) < 4.78 is 37.9. The van der Waals surface area contributed by atoms with E-state index in [-0.39, 0.29) is 30.4 Å². The number of anilines is 2. The average molecular weight is 366 g/mol. The molecule has 0 aliphatic heterocycles. The fourth-order valence-corrected chi connectivity index (χ4v) is 3.01. The Bertz CT molecular complexity index is 824. The van der Waals surface area contributed by atoms with E-state index in [1.54, 1.807) is 18.0 Å². The van der Waals surface area contributed by atoms with Crippen LogP contribution in [0.2, 0.25) is 0 Å². The molecule has 0 amide bonds. The van der Waals surface area contributed by atoms with Crippen LogP contribution in [0, 0.1) is 6.92 Å². The minimum absolute atomic E-state index is 0.0832. The SMILES string of the molecule is CCOc1ccc(NN(CCO)c2cccc(C)c2)cc1S(=O)(=O)O. The number of nitrogens with zero attached hydrogens (tertiary/aromatic N) is 1. The molecule has 2 aromatic carbocycles. The first kappa shape index (κ1) is 19.0. The predicted molar refractivity (Wildman–Crippen MR) is 96.7 cm³/mol. The fraction of sp³-hybridized carbons (Fsp3) is 0.294. The first-order valence-corrected chi connectivity index (χ1v) is 9.25. The number of aryl methyl sites for hydroxylation is 1. The van der Waals surface area contributed by atoms with Gasteiger partial charge in [-0.25, -0.2) is 0 Å². The number of aliphatic hydroxyl groups excluding tert-OH is 1. The summed E-state index contributed by atoms with van der Waals surface area (Å²) in [7, 11) is -4.43. The summed E-state index contributed by atoms with van der Waals surface area (Å²) >= 11 is 0. The Morgan fingerprint density at radius 3 is 2.56 bits per heavy atom. The monoisotopic (exact) mass is 366 g/mol. The van der Waals surface area contributed by atoms with Crippen molar-refractivity contribution in [3.63, 3.8) is 0 Å². The lowest BCUT2D eigenvalue weighted by molar-refractivity contribution is 0.304. The zero-order valence-corrected chi connectivity index (χ0v) is 15.0. The van der Waals surface area contributed by atoms with Crippen LogP contribution in [0.15, 0.2) is 47.4 Å². The van der Waals surface area contributed by atoms with Crippen LogP contribution in [0.25, 0.3) is 0 Å². The van der Waals surface area contributed by atoms with Crippen molar-refractivity contribution in [3.8, 4) is 5.75 Å². The van der Waals surface area contributed by atoms with E-state index in [4.69, 9.17) is 4.74 Å². The standard InChI is InChI=1S/C17H22N2O5S/c1-3-24-16-8-7-14(12-17(16)25(21,22)23)18-19(9-10-20)15-6-4-5-13(2)11-15/h4-8,11-12,18,20H,3,9-10H2,1-2H3,(H,21,22,23). The molecule has 3 N–H and O–H groups in total. The maximum Gasteiger partial charge on any atom is 0.298 e. The van der Waals surface area contributed by atoms with Crippen molar-refractivity contribution in [2.75, 3.05) is 30.2 Å². The van der Waals surface area contributed by atoms with Gasteiger partial charge in [-0.05, 0) is 49.7 Å². The lowest BCUT2D eigenvalue weighted by Gasteiger charge is -2.26. The number of benzene rings is 2. The Hall–Kier alpha value is -2.29. The van der Waals surface area contributed by atoms with E-state index in [2.05, 4.69) is 5.43 Å². The number of rotatable bonds is 8. The largest absolute Gasteiger partial charge is 0.492 e. The molecule has 0 aliphatic rings. The summed E-state index contributed by atoms with van der Waals surface area (Å²) in [5.74, 6) is 0.0832. The normalized spacial score (nSPS) is 11.2. The summed E-state index contributed by atoms with van der Waals surface area (Å²) in [6.07, 6.45) is 0. The molecule has 25 heavy (non-hydrogen) atoms. The molecule has 0 radical (unpaired) electrons. The Labute approximate surface area is 147 Å². The van der Waals surface area contributed by atoms with Crippen molar-refractivity contribution in [3.05, 3.63) is 48.0 Å². The van der Waals surface area contributed by atoms with E-state index in [1.165, 1.54) is 12.1 Å². The van der Waals surface area contributed by atoms with Crippen LogP contribution >= 0.6 is 0 Å². The second kappa shape index (κ2) is 8.19. The Balaban J connectivity index is 2.36. The maximum absolute atomic E-state index is 11.6. The van der Waals surface area contributed by atoms with Gasteiger partial charge in [-0.2, -0.15) is 8.42 Å². The molecule has 0 aliphatic carbocycles. The molecule has 0 unspecified atom stereocenters. The van der Waals surface area contributed by atoms with Gasteiger partial charge in [0.2, 0.25) is 0 Å². The highest BCUT2D eigenvalue weighted by atomic mass is 32.2. The molecular weight excluding hydrogens is 344 g/mol. The maximum atomic E-state index is 11.6. The summed E-state index contributed by atoms with van der Waals surface area (Å²) in [6.45, 7) is 4.14. The fourth-order valence-electron chi connectivity index (χ4n) is 2.36. The van der Waals surface area contributed by atoms with Gasteiger partial charge >= 0.3 is 0 Å². The van der Waals surface area contributed by atoms with E-state index in [9.17, 15) is 18.1 Å². The molecule has 0 fully saturated rings. The Kier molecular flexibility index (Phi) is 6.24. The summed E-state index contributed by atoms with van der Waals surface area (Å²) in [6, 6.07) is 12.0. The number of hydrogen-bond acceptors (Lipinski definition) is 6. The minimum Gasteiger partial charge on any atom is -0.492 e. The molecule has 0 saturated carbocycles. The molecule has 0 saturated heterocycles. The second-order valence-electron chi connectivity index (χ2n) is 5.40. The highest BCUT2D eigenvalue weighted by Gasteiger charge is 2.18. The summed E-state index contributed by atoms with van der Waals surface area (Å²) in [5, 5.41) is 11.0. The molecule has 0 spiro atoms. The van der Waals surface area contributed by atoms with E-state index < -0.39 is 10.1 Å². The average Bonchev–Trinajstić information content (AvgIpc) is 2.55. The molecule has 8 heteroatoms. The molecule has 0 aromatic heterocycles. The van der Waals surface area contributed by atoms with Crippen LogP contribution in [0.4, 0.5) is 11.4 Å². The van der Waals surface area contributed by atoms with Crippen molar-refractivity contribution >= 4 is 21.5 Å². The highest BCUT2D eigenvalue weighted by molar-refractivity contribution is 7.86. The van der Waals surface area contributed by atoms with Gasteiger partial charge in [0, 0.05) is 0 Å². The second-order valence-corrected chi connectivity index (χ2v) is 6.79. The third kappa shape index (κ3) is 5.09. The van der Waals surface area contributed by atoms with Crippen molar-refractivity contribution in [1.82, 2.24) is 0 Å². The predicted octanol–water partition coefficient (Wildman–Crippen LogP) is 2.47. The van der Waals surface area contributed by atoms with Crippen molar-refractivity contribution in [2.24, 2.45) is 0 Å². The lowest BCUT2D eigenvalue weighted by atomic mass is 10.2. The van der Waals surface area contributed by atoms with Gasteiger partial charge in [0.1, 0.15) is 10.6 Å². The van der Waals surface area contributed by atoms with Gasteiger partial charge in [0.15, 0.2) is 0 Å². The zero-order valence-electron chi connectivity index (χ0n) is 14.1. The first-order valence-electron chi connectivity index (χ1n) is 7.81. The number of ether oxygens (including phenoxy) is 1. The quantitative estimate of drug-likeness (QED) is 0.487. The van der Waals surface area contributed by atoms with E-state index in [0.717, 1.165) is 11.3 Å². The third-order valence-electron chi connectivity index (χ3n) is 3.42. The number of hydrazine groups is 1. The van der Waals surface area contributed by atoms with Crippen molar-refractivity contribution < 1.29 is 22.8 Å². The molecule has 0 atom stereocenters. The lowest BCUT2D eigenvalue weighted by Crippen LogP contribution is -2.32. The topological polar surface area (TPSA) is 99.1 Å². The third-order valence-corrected chi connectivity index (χ3v) is 4.30. The summed E-state index contributed by atoms with van der Waals surface area (Å²) in [5.41, 5.74) is 5.35. The zero-order chi connectivity index (χ0) is 18.4. The van der Waals surface area contributed by atoms with Crippen LogP contribution < -0.4 is 15.2 Å². The number of nitrogens with one attached hydrogen (secondary N) is 1. The summed E-state index contributed by atoms with van der Waals surface area (Å²) in [4.78, 5) is -0.312. The molecule has 2 aromatic rings. The van der Waals surface area contributed by atoms with Gasteiger partial charge in [0.05, 0.1) is 31.1 Å². The minimum atomic E-state index is -4.43. The number of aliphatic hydroxyl groups is 1. The van der Waals surface area contributed by atoms with Gasteiger partial charge in [-0.1, -0.05) is 12.1 Å². The van der Waals surface area contributed by atoms with Crippen molar-refractivity contribution in [2.45, 2.75) is 18.7 Å². The molecule has 0 heterocycles. The van der Waals surface area contributed by atoms with Crippen LogP contribution in [0.3, 0.4) is 0 Å². The van der Waals surface area contributed by atoms with Gasteiger partial charge < -0.3 is 9.84 Å². The van der Waals surface area contributed by atoms with Crippen LogP contribution in [-0.4, -0.2) is 37.8 Å². The molecule has 136 valence electrons. The molecule has 2 rings (SSSR count). The van der Waals surface area contributed by atoms with Gasteiger partial charge in [-0.15, -0.1) is 0 Å². The smallest absolute Gasteiger partial charge is 0.298 e. The van der Waals surface area contributed by atoms with Gasteiger partial charge in [0.25, 0.3) is 10.1 Å². The number of hydrogen-bond donors (Lipinski definition) is 3. The Morgan fingerprint density at radius 2 is 1.96 bits per heavy atom. The first-order chi connectivity index (χ1) is 11.8. The Morgan fingerprint density at radius 1 is 1.20 bits per heavy atom. The van der Waals surface area contributed by atoms with E-state index in [0.29, 0.717) is 5.69 Å². The van der Waals surface area contributed by atoms with E-state index >= 15 is 0 Å². The highest BCUT2D eigenvalue weighted by Crippen LogP contribution is 2.28. The molecular formula is C17H22N2O5S. The van der Waals surface area contributed by atoms with Crippen LogP contribution in [0.1, 0.15) is 12.5 Å². The van der Waals surface area contributed by atoms with Crippen LogP contribution in [0.5, 0.6) is 5.75 Å². The molecule has 0 bridgehead atoms. The van der Waals surface area contributed by atoms with Crippen molar-refractivity contribution in [1.29, 1.82) is 0 Å². The molecule has 7 nitrogen and oxygen atoms in total.